The Kier molecular flexibility index (Phi) is 2.98. The molecule has 0 N–H and O–H groups in total. The van der Waals surface area contributed by atoms with Crippen molar-refractivity contribution in [2.75, 3.05) is 18.0 Å². The smallest absolute Gasteiger partial charge is 0.266 e. The third-order valence-corrected chi connectivity index (χ3v) is 3.22. The highest BCUT2D eigenvalue weighted by Crippen LogP contribution is 2.21. The van der Waals surface area contributed by atoms with Gasteiger partial charge in [-0.15, -0.1) is 0 Å². The summed E-state index contributed by atoms with van der Waals surface area (Å²) in [5, 5.41) is 4.25. The summed E-state index contributed by atoms with van der Waals surface area (Å²) in [6, 6.07) is 5.11. The van der Waals surface area contributed by atoms with Gasteiger partial charge >= 0.3 is 0 Å². The molecule has 3 rings (SSSR count). The van der Waals surface area contributed by atoms with Crippen molar-refractivity contribution in [3.8, 4) is 0 Å². The van der Waals surface area contributed by atoms with Crippen LogP contribution in [0.3, 0.4) is 0 Å². The van der Waals surface area contributed by atoms with Gasteiger partial charge in [0.15, 0.2) is 0 Å². The summed E-state index contributed by atoms with van der Waals surface area (Å²) < 4.78 is 1.54. The summed E-state index contributed by atoms with van der Waals surface area (Å²) in [4.78, 5) is 22.2. The Hall–Kier alpha value is -2.24. The van der Waals surface area contributed by atoms with Crippen LogP contribution in [-0.4, -0.2) is 32.8 Å². The predicted molar refractivity (Wildman–Crippen MR) is 71.0 cm³/mol. The second-order valence-electron chi connectivity index (χ2n) is 4.81. The van der Waals surface area contributed by atoms with E-state index in [9.17, 15) is 4.79 Å². The number of rotatable bonds is 3. The zero-order valence-corrected chi connectivity index (χ0v) is 10.7. The van der Waals surface area contributed by atoms with Gasteiger partial charge in [-0.1, -0.05) is 0 Å². The van der Waals surface area contributed by atoms with E-state index in [2.05, 4.69) is 20.0 Å². The molecule has 1 aliphatic heterocycles. The summed E-state index contributed by atoms with van der Waals surface area (Å²) in [6.45, 7) is 4.28. The lowest BCUT2D eigenvalue weighted by Crippen LogP contribution is -2.50. The molecule has 6 heteroatoms. The normalized spacial score (nSPS) is 15.3. The van der Waals surface area contributed by atoms with E-state index >= 15 is 0 Å². The highest BCUT2D eigenvalue weighted by molar-refractivity contribution is 5.32. The molecule has 6 nitrogen and oxygen atoms in total. The molecule has 19 heavy (non-hydrogen) atoms. The molecular formula is C13H15N5O. The lowest BCUT2D eigenvalue weighted by molar-refractivity contribution is 0.330. The molecular weight excluding hydrogens is 242 g/mol. The molecule has 2 aromatic heterocycles. The van der Waals surface area contributed by atoms with Gasteiger partial charge in [-0.2, -0.15) is 5.10 Å². The summed E-state index contributed by atoms with van der Waals surface area (Å²) in [5.41, 5.74) is 0.821. The standard InChI is InChI=1S/C13H15N5O/c1-10-3-4-12(19)18(16-10)9-11-7-17(8-11)13-14-5-2-6-15-13/h2-6,11H,7-9H2,1H3. The highest BCUT2D eigenvalue weighted by atomic mass is 16.1. The van der Waals surface area contributed by atoms with Crippen LogP contribution < -0.4 is 10.5 Å². The maximum atomic E-state index is 11.7. The average molecular weight is 257 g/mol. The fourth-order valence-corrected chi connectivity index (χ4v) is 2.23. The molecule has 0 aromatic carbocycles. The van der Waals surface area contributed by atoms with Crippen molar-refractivity contribution in [2.24, 2.45) is 5.92 Å². The summed E-state index contributed by atoms with van der Waals surface area (Å²) in [6.07, 6.45) is 3.48. The Balaban J connectivity index is 1.63. The van der Waals surface area contributed by atoms with Crippen molar-refractivity contribution >= 4 is 5.95 Å². The molecule has 1 aliphatic rings. The highest BCUT2D eigenvalue weighted by Gasteiger charge is 2.29. The van der Waals surface area contributed by atoms with E-state index in [-0.39, 0.29) is 5.56 Å². The van der Waals surface area contributed by atoms with Crippen molar-refractivity contribution in [3.63, 3.8) is 0 Å². The number of hydrogen-bond acceptors (Lipinski definition) is 5. The van der Waals surface area contributed by atoms with Crippen molar-refractivity contribution in [2.45, 2.75) is 13.5 Å². The Morgan fingerprint density at radius 3 is 2.74 bits per heavy atom. The number of aromatic nitrogens is 4. The molecule has 0 radical (unpaired) electrons. The first-order valence-electron chi connectivity index (χ1n) is 6.29. The van der Waals surface area contributed by atoms with Gasteiger partial charge in [-0.3, -0.25) is 4.79 Å². The van der Waals surface area contributed by atoms with Gasteiger partial charge in [0.25, 0.3) is 5.56 Å². The lowest BCUT2D eigenvalue weighted by atomic mass is 10.0. The summed E-state index contributed by atoms with van der Waals surface area (Å²) in [7, 11) is 0. The lowest BCUT2D eigenvalue weighted by Gasteiger charge is -2.39. The molecule has 0 unspecified atom stereocenters. The fourth-order valence-electron chi connectivity index (χ4n) is 2.23. The first-order chi connectivity index (χ1) is 9.22. The van der Waals surface area contributed by atoms with E-state index in [1.54, 1.807) is 35.3 Å². The van der Waals surface area contributed by atoms with Crippen molar-refractivity contribution in [1.82, 2.24) is 19.7 Å². The van der Waals surface area contributed by atoms with Crippen LogP contribution in [0.5, 0.6) is 0 Å². The van der Waals surface area contributed by atoms with E-state index in [0.717, 1.165) is 24.7 Å². The van der Waals surface area contributed by atoms with E-state index in [4.69, 9.17) is 0 Å². The van der Waals surface area contributed by atoms with Crippen LogP contribution in [0.4, 0.5) is 5.95 Å². The van der Waals surface area contributed by atoms with Crippen molar-refractivity contribution in [1.29, 1.82) is 0 Å². The van der Waals surface area contributed by atoms with E-state index < -0.39 is 0 Å². The van der Waals surface area contributed by atoms with E-state index in [1.807, 2.05) is 6.92 Å². The fraction of sp³-hybridized carbons (Fsp3) is 0.385. The van der Waals surface area contributed by atoms with Crippen LogP contribution in [0.1, 0.15) is 5.69 Å². The van der Waals surface area contributed by atoms with Crippen LogP contribution in [0.25, 0.3) is 0 Å². The Bertz CT molecular complexity index is 618. The quantitative estimate of drug-likeness (QED) is 0.800. The van der Waals surface area contributed by atoms with Crippen molar-refractivity contribution in [3.05, 3.63) is 46.6 Å². The Labute approximate surface area is 110 Å². The van der Waals surface area contributed by atoms with Gasteiger partial charge in [0.1, 0.15) is 0 Å². The second kappa shape index (κ2) is 4.79. The minimum atomic E-state index is -0.0417. The largest absolute Gasteiger partial charge is 0.340 e. The number of aryl methyl sites for hydroxylation is 1. The van der Waals surface area contributed by atoms with Crippen LogP contribution >= 0.6 is 0 Å². The van der Waals surface area contributed by atoms with Crippen LogP contribution in [0.15, 0.2) is 35.4 Å². The number of hydrogen-bond donors (Lipinski definition) is 0. The van der Waals surface area contributed by atoms with Gasteiger partial charge in [0.2, 0.25) is 5.95 Å². The van der Waals surface area contributed by atoms with Gasteiger partial charge < -0.3 is 4.90 Å². The topological polar surface area (TPSA) is 63.9 Å². The van der Waals surface area contributed by atoms with Crippen LogP contribution in [0, 0.1) is 12.8 Å². The summed E-state index contributed by atoms with van der Waals surface area (Å²) >= 11 is 0. The number of anilines is 1. The van der Waals surface area contributed by atoms with Crippen molar-refractivity contribution < 1.29 is 0 Å². The molecule has 0 spiro atoms. The maximum absolute atomic E-state index is 11.7. The van der Waals surface area contributed by atoms with Crippen LogP contribution in [-0.2, 0) is 6.54 Å². The van der Waals surface area contributed by atoms with Crippen LogP contribution in [0.2, 0.25) is 0 Å². The molecule has 98 valence electrons. The van der Waals surface area contributed by atoms with Gasteiger partial charge in [0, 0.05) is 37.5 Å². The third-order valence-electron chi connectivity index (χ3n) is 3.22. The van der Waals surface area contributed by atoms with E-state index in [0.29, 0.717) is 12.5 Å². The predicted octanol–water partition coefficient (Wildman–Crippen LogP) is 0.478. The first kappa shape index (κ1) is 11.8. The first-order valence-corrected chi connectivity index (χ1v) is 6.29. The molecule has 1 saturated heterocycles. The minimum absolute atomic E-state index is 0.0417. The third kappa shape index (κ3) is 2.47. The maximum Gasteiger partial charge on any atom is 0.266 e. The Morgan fingerprint density at radius 2 is 2.00 bits per heavy atom. The molecule has 0 aliphatic carbocycles. The molecule has 0 bridgehead atoms. The molecule has 1 fully saturated rings. The zero-order valence-electron chi connectivity index (χ0n) is 10.7. The average Bonchev–Trinajstić information content (AvgIpc) is 2.38. The molecule has 2 aromatic rings. The second-order valence-corrected chi connectivity index (χ2v) is 4.81. The molecule has 0 saturated carbocycles. The molecule has 0 atom stereocenters. The van der Waals surface area contributed by atoms with E-state index in [1.165, 1.54) is 0 Å². The summed E-state index contributed by atoms with van der Waals surface area (Å²) in [5.74, 6) is 1.18. The van der Waals surface area contributed by atoms with Gasteiger partial charge in [-0.05, 0) is 19.1 Å². The minimum Gasteiger partial charge on any atom is -0.340 e. The van der Waals surface area contributed by atoms with Gasteiger partial charge in [0.05, 0.1) is 12.2 Å². The molecule has 3 heterocycles. The SMILES string of the molecule is Cc1ccc(=O)n(CC2CN(c3ncccn3)C2)n1. The zero-order chi connectivity index (χ0) is 13.2. The molecule has 0 amide bonds. The van der Waals surface area contributed by atoms with Gasteiger partial charge in [-0.25, -0.2) is 14.6 Å². The monoisotopic (exact) mass is 257 g/mol. The number of nitrogens with zero attached hydrogens (tertiary/aromatic N) is 5. The Morgan fingerprint density at radius 1 is 1.26 bits per heavy atom.